The molecule has 3 aromatic rings. The Morgan fingerprint density at radius 1 is 1.13 bits per heavy atom. The lowest BCUT2D eigenvalue weighted by atomic mass is 10.1. The Balaban J connectivity index is 1.17. The van der Waals surface area contributed by atoms with Crippen LogP contribution in [0.1, 0.15) is 5.56 Å². The van der Waals surface area contributed by atoms with Gasteiger partial charge in [0.15, 0.2) is 11.5 Å². The molecule has 5 rings (SSSR count). The summed E-state index contributed by atoms with van der Waals surface area (Å²) in [5.41, 5.74) is 2.33. The number of aromatic nitrogens is 2. The summed E-state index contributed by atoms with van der Waals surface area (Å²) >= 11 is 0. The van der Waals surface area contributed by atoms with Gasteiger partial charge in [-0.05, 0) is 23.8 Å². The molecule has 1 saturated heterocycles. The van der Waals surface area contributed by atoms with Crippen LogP contribution in [0.15, 0.2) is 42.6 Å². The Kier molecular flexibility index (Phi) is 4.43. The number of ether oxygens (including phenoxy) is 2. The molecule has 2 amide bonds. The fourth-order valence-electron chi connectivity index (χ4n) is 3.73. The lowest BCUT2D eigenvalue weighted by Crippen LogP contribution is -2.49. The number of anilines is 1. The van der Waals surface area contributed by atoms with Crippen LogP contribution >= 0.6 is 0 Å². The first-order valence-electron chi connectivity index (χ1n) is 9.56. The van der Waals surface area contributed by atoms with E-state index in [-0.39, 0.29) is 17.5 Å². The third-order valence-corrected chi connectivity index (χ3v) is 5.25. The van der Waals surface area contributed by atoms with Crippen molar-refractivity contribution < 1.29 is 23.0 Å². The second kappa shape index (κ2) is 7.13. The Hall–Kier alpha value is -3.40. The number of nitrogens with one attached hydrogen (secondary N) is 2. The fraction of sp³-hybridized carbons (Fsp3) is 0.300. The van der Waals surface area contributed by atoms with Gasteiger partial charge in [-0.1, -0.05) is 18.2 Å². The highest BCUT2D eigenvalue weighted by atomic mass is 19.3. The zero-order chi connectivity index (χ0) is 20.7. The second-order valence-corrected chi connectivity index (χ2v) is 7.28. The van der Waals surface area contributed by atoms with E-state index in [2.05, 4.69) is 29.9 Å². The van der Waals surface area contributed by atoms with Gasteiger partial charge in [-0.3, -0.25) is 10.00 Å². The lowest BCUT2D eigenvalue weighted by molar-refractivity contribution is -0.286. The number of urea groups is 1. The molecular weight excluding hydrogens is 396 g/mol. The van der Waals surface area contributed by atoms with E-state index < -0.39 is 6.29 Å². The Morgan fingerprint density at radius 2 is 1.93 bits per heavy atom. The number of amides is 2. The molecule has 0 saturated carbocycles. The van der Waals surface area contributed by atoms with E-state index in [1.807, 2.05) is 18.2 Å². The van der Waals surface area contributed by atoms with Crippen molar-refractivity contribution in [3.8, 4) is 11.5 Å². The number of H-pyrrole nitrogens is 1. The van der Waals surface area contributed by atoms with Crippen LogP contribution in [-0.2, 0) is 6.54 Å². The molecule has 10 heteroatoms. The minimum Gasteiger partial charge on any atom is -0.395 e. The highest BCUT2D eigenvalue weighted by Crippen LogP contribution is 2.41. The molecule has 2 aliphatic rings. The monoisotopic (exact) mass is 415 g/mol. The van der Waals surface area contributed by atoms with Gasteiger partial charge in [-0.2, -0.15) is 5.10 Å². The number of rotatable bonds is 3. The zero-order valence-electron chi connectivity index (χ0n) is 15.9. The van der Waals surface area contributed by atoms with E-state index >= 15 is 0 Å². The van der Waals surface area contributed by atoms with Crippen LogP contribution in [0, 0.1) is 0 Å². The van der Waals surface area contributed by atoms with E-state index in [4.69, 9.17) is 0 Å². The van der Waals surface area contributed by atoms with Gasteiger partial charge in [0.2, 0.25) is 0 Å². The summed E-state index contributed by atoms with van der Waals surface area (Å²) in [4.78, 5) is 16.6. The number of piperazine rings is 1. The predicted molar refractivity (Wildman–Crippen MR) is 105 cm³/mol. The number of aromatic amines is 1. The normalized spacial score (nSPS) is 18.0. The van der Waals surface area contributed by atoms with E-state index in [9.17, 15) is 13.6 Å². The summed E-state index contributed by atoms with van der Waals surface area (Å²) < 4.78 is 35.3. The van der Waals surface area contributed by atoms with Crippen LogP contribution < -0.4 is 14.8 Å². The quantitative estimate of drug-likeness (QED) is 0.686. The van der Waals surface area contributed by atoms with Gasteiger partial charge in [0.25, 0.3) is 0 Å². The molecule has 30 heavy (non-hydrogen) atoms. The summed E-state index contributed by atoms with van der Waals surface area (Å²) in [6, 6.07) is 10.3. The number of halogens is 2. The number of hydrogen-bond acceptors (Lipinski definition) is 5. The second-order valence-electron chi connectivity index (χ2n) is 7.28. The van der Waals surface area contributed by atoms with Gasteiger partial charge in [0.1, 0.15) is 0 Å². The van der Waals surface area contributed by atoms with Gasteiger partial charge in [0, 0.05) is 38.1 Å². The van der Waals surface area contributed by atoms with Crippen LogP contribution in [-0.4, -0.2) is 58.5 Å². The van der Waals surface area contributed by atoms with Crippen molar-refractivity contribution in [3.05, 3.63) is 48.2 Å². The molecule has 2 aliphatic heterocycles. The summed E-state index contributed by atoms with van der Waals surface area (Å²) in [5.74, 6) is 0.0843. The molecule has 0 bridgehead atoms. The van der Waals surface area contributed by atoms with Crippen molar-refractivity contribution in [3.63, 3.8) is 0 Å². The summed E-state index contributed by atoms with van der Waals surface area (Å²) in [7, 11) is 0. The number of benzene rings is 2. The highest BCUT2D eigenvalue weighted by molar-refractivity contribution is 5.99. The standard InChI is InChI=1S/C20H19F2N5O3/c21-20(22)29-16-5-4-13(10-17(16)30-20)12-26-6-8-27(9-7-26)19(28)24-15-3-1-2-14-11-23-25-18(14)15/h1-5,10-11H,6-9,12H2,(H,23,25)(H,24,28). The van der Waals surface area contributed by atoms with E-state index in [0.717, 1.165) is 16.5 Å². The number of para-hydroxylation sites is 1. The number of hydrogen-bond donors (Lipinski definition) is 2. The number of fused-ring (bicyclic) bond motifs is 2. The molecule has 3 heterocycles. The van der Waals surface area contributed by atoms with Gasteiger partial charge < -0.3 is 19.7 Å². The Morgan fingerprint density at radius 3 is 2.77 bits per heavy atom. The van der Waals surface area contributed by atoms with Gasteiger partial charge in [0.05, 0.1) is 17.4 Å². The van der Waals surface area contributed by atoms with Crippen molar-refractivity contribution in [1.29, 1.82) is 0 Å². The molecule has 1 aromatic heterocycles. The molecule has 0 unspecified atom stereocenters. The summed E-state index contributed by atoms with van der Waals surface area (Å²) in [5, 5.41) is 10.8. The number of carbonyl (C=O) groups excluding carboxylic acids is 1. The minimum atomic E-state index is -3.61. The Labute approximate surface area is 170 Å². The first kappa shape index (κ1) is 18.6. The highest BCUT2D eigenvalue weighted by Gasteiger charge is 2.43. The van der Waals surface area contributed by atoms with Gasteiger partial charge in [-0.15, -0.1) is 8.78 Å². The number of nitrogens with zero attached hydrogens (tertiary/aromatic N) is 3. The lowest BCUT2D eigenvalue weighted by Gasteiger charge is -2.34. The van der Waals surface area contributed by atoms with Gasteiger partial charge in [-0.25, -0.2) is 4.79 Å². The molecule has 0 spiro atoms. The molecular formula is C20H19F2N5O3. The molecule has 156 valence electrons. The fourth-order valence-corrected chi connectivity index (χ4v) is 3.73. The van der Waals surface area contributed by atoms with Crippen LogP contribution in [0.3, 0.4) is 0 Å². The predicted octanol–water partition coefficient (Wildman–Crippen LogP) is 3.23. The van der Waals surface area contributed by atoms with E-state index in [1.165, 1.54) is 6.07 Å². The van der Waals surface area contributed by atoms with Crippen LogP contribution in [0.2, 0.25) is 0 Å². The SMILES string of the molecule is O=C(Nc1cccc2cn[nH]c12)N1CCN(Cc2ccc3c(c2)OC(F)(F)O3)CC1. The van der Waals surface area contributed by atoms with Crippen molar-refractivity contribution >= 4 is 22.6 Å². The molecule has 0 atom stereocenters. The zero-order valence-corrected chi connectivity index (χ0v) is 15.9. The van der Waals surface area contributed by atoms with Gasteiger partial charge >= 0.3 is 12.3 Å². The third-order valence-electron chi connectivity index (χ3n) is 5.25. The minimum absolute atomic E-state index is 0.0394. The smallest absolute Gasteiger partial charge is 0.395 e. The molecule has 0 aliphatic carbocycles. The maximum absolute atomic E-state index is 13.2. The number of carbonyl (C=O) groups is 1. The molecule has 1 fully saturated rings. The third kappa shape index (κ3) is 3.61. The maximum Gasteiger partial charge on any atom is 0.586 e. The molecule has 2 aromatic carbocycles. The largest absolute Gasteiger partial charge is 0.586 e. The topological polar surface area (TPSA) is 82.7 Å². The van der Waals surface area contributed by atoms with Crippen LogP contribution in [0.4, 0.5) is 19.3 Å². The summed E-state index contributed by atoms with van der Waals surface area (Å²) in [6.07, 6.45) is -1.90. The maximum atomic E-state index is 13.2. The van der Waals surface area contributed by atoms with Crippen LogP contribution in [0.25, 0.3) is 10.9 Å². The average molecular weight is 415 g/mol. The van der Waals surface area contributed by atoms with E-state index in [0.29, 0.717) is 38.4 Å². The Bertz CT molecular complexity index is 1090. The number of alkyl halides is 2. The van der Waals surface area contributed by atoms with Crippen molar-refractivity contribution in [2.75, 3.05) is 31.5 Å². The average Bonchev–Trinajstić information content (AvgIpc) is 3.31. The van der Waals surface area contributed by atoms with E-state index in [1.54, 1.807) is 23.2 Å². The van der Waals surface area contributed by atoms with Crippen molar-refractivity contribution in [2.24, 2.45) is 0 Å². The van der Waals surface area contributed by atoms with Crippen molar-refractivity contribution in [1.82, 2.24) is 20.0 Å². The first-order chi connectivity index (χ1) is 14.5. The summed E-state index contributed by atoms with van der Waals surface area (Å²) in [6.45, 7) is 3.05. The molecule has 8 nitrogen and oxygen atoms in total. The first-order valence-corrected chi connectivity index (χ1v) is 9.56. The molecule has 2 N–H and O–H groups in total. The molecule has 0 radical (unpaired) electrons. The van der Waals surface area contributed by atoms with Crippen molar-refractivity contribution in [2.45, 2.75) is 12.8 Å². The van der Waals surface area contributed by atoms with Crippen LogP contribution in [0.5, 0.6) is 11.5 Å².